The van der Waals surface area contributed by atoms with E-state index in [1.54, 1.807) is 10.9 Å². The van der Waals surface area contributed by atoms with Gasteiger partial charge in [0.05, 0.1) is 38.6 Å². The minimum Gasteiger partial charge on any atom is -0.492 e. The van der Waals surface area contributed by atoms with E-state index in [2.05, 4.69) is 29.9 Å². The molecule has 3 aliphatic rings. The lowest BCUT2D eigenvalue weighted by Gasteiger charge is -2.45. The van der Waals surface area contributed by atoms with Gasteiger partial charge in [0.1, 0.15) is 30.5 Å². The molecular weight excluding hydrogens is 632 g/mol. The summed E-state index contributed by atoms with van der Waals surface area (Å²) >= 11 is 10.7. The van der Waals surface area contributed by atoms with Gasteiger partial charge in [0.2, 0.25) is 5.88 Å². The van der Waals surface area contributed by atoms with Crippen LogP contribution in [0.2, 0.25) is 0 Å². The third-order valence-corrected chi connectivity index (χ3v) is 10.9. The van der Waals surface area contributed by atoms with Gasteiger partial charge in [0.15, 0.2) is 22.6 Å². The predicted octanol–water partition coefficient (Wildman–Crippen LogP) is 1.30. The standard InChI is InChI=1S/C21H25N9O8P2S2/c22-18-16-19(24-6-23-18)29(8-27-16)12-1-10-3-34-40(33,42)38-13-2-15(30-9-28-17-20(30)25-7-26-21(17)31)37-14(13)5-36-39(32,41)35-4-11(10)12/h6-15H,1-5H2,(H,32,41)(H,33,42)(H2,22,23,24)(H,25,26,31)/t10-,11-,12-,13+,14-,15-,39?,40?/m1/s1. The van der Waals surface area contributed by atoms with Gasteiger partial charge in [-0.05, 0) is 36.0 Å². The highest BCUT2D eigenvalue weighted by Crippen LogP contribution is 2.55. The Bertz CT molecular complexity index is 1680. The molecule has 0 amide bonds. The number of nitrogens with zero attached hydrogens (tertiary/aromatic N) is 8. The molecule has 8 atom stereocenters. The Kier molecular flexibility index (Phi) is 7.26. The van der Waals surface area contributed by atoms with E-state index >= 15 is 0 Å². The number of fused-ring (bicyclic) bond motifs is 4. The Morgan fingerprint density at radius 3 is 2.33 bits per heavy atom. The van der Waals surface area contributed by atoms with Crippen molar-refractivity contribution < 1.29 is 37.7 Å². The Morgan fingerprint density at radius 1 is 0.810 bits per heavy atom. The molecule has 1 aliphatic carbocycles. The highest BCUT2D eigenvalue weighted by molar-refractivity contribution is 8.07. The van der Waals surface area contributed by atoms with Gasteiger partial charge < -0.3 is 48.0 Å². The van der Waals surface area contributed by atoms with Crippen molar-refractivity contribution in [1.82, 2.24) is 39.0 Å². The smallest absolute Gasteiger partial charge is 0.324 e. The van der Waals surface area contributed by atoms with Gasteiger partial charge in [-0.25, -0.2) is 24.9 Å². The maximum atomic E-state index is 11.0. The number of hydrogen-bond donors (Lipinski definition) is 4. The minimum absolute atomic E-state index is 0.0453. The second kappa shape index (κ2) is 10.7. The Hall–Kier alpha value is -2.28. The molecule has 4 aromatic rings. The Balaban J connectivity index is 1.12. The number of aromatic hydroxyl groups is 1. The first kappa shape index (κ1) is 28.5. The predicted molar refractivity (Wildman–Crippen MR) is 152 cm³/mol. The van der Waals surface area contributed by atoms with Crippen LogP contribution < -0.4 is 5.73 Å². The summed E-state index contributed by atoms with van der Waals surface area (Å²) in [5, 5.41) is 10.0. The lowest BCUT2D eigenvalue weighted by atomic mass is 9.70. The van der Waals surface area contributed by atoms with Crippen molar-refractivity contribution >= 4 is 65.2 Å². The number of imidazole rings is 2. The third-order valence-electron chi connectivity index (χ3n) is 7.77. The number of nitrogens with two attached hydrogens (primary N) is 1. The monoisotopic (exact) mass is 657 g/mol. The summed E-state index contributed by atoms with van der Waals surface area (Å²) < 4.78 is 32.8. The molecule has 6 heterocycles. The summed E-state index contributed by atoms with van der Waals surface area (Å²) in [6.07, 6.45) is 4.20. The second-order valence-corrected chi connectivity index (χ2v) is 15.8. The largest absolute Gasteiger partial charge is 0.492 e. The van der Waals surface area contributed by atoms with Crippen LogP contribution in [0.25, 0.3) is 22.3 Å². The van der Waals surface area contributed by atoms with Crippen LogP contribution in [-0.4, -0.2) is 86.0 Å². The van der Waals surface area contributed by atoms with Gasteiger partial charge in [-0.1, -0.05) is 0 Å². The Labute approximate surface area is 247 Å². The molecule has 7 rings (SSSR count). The Morgan fingerprint density at radius 2 is 1.50 bits per heavy atom. The van der Waals surface area contributed by atoms with Crippen molar-refractivity contribution in [2.24, 2.45) is 11.8 Å². The number of aromatic nitrogens is 8. The van der Waals surface area contributed by atoms with Gasteiger partial charge in [-0.2, -0.15) is 4.98 Å². The van der Waals surface area contributed by atoms with Crippen LogP contribution in [0.15, 0.2) is 25.3 Å². The summed E-state index contributed by atoms with van der Waals surface area (Å²) in [6, 6.07) is -0.132. The van der Waals surface area contributed by atoms with Gasteiger partial charge in [0, 0.05) is 18.4 Å². The lowest BCUT2D eigenvalue weighted by molar-refractivity contribution is -0.0389. The normalized spacial score (nSPS) is 36.0. The fraction of sp³-hybridized carbons (Fsp3) is 0.524. The fourth-order valence-electron chi connectivity index (χ4n) is 5.61. The molecule has 0 radical (unpaired) electrons. The zero-order valence-corrected chi connectivity index (χ0v) is 25.0. The molecule has 42 heavy (non-hydrogen) atoms. The van der Waals surface area contributed by atoms with E-state index in [0.717, 1.165) is 0 Å². The van der Waals surface area contributed by atoms with Gasteiger partial charge >= 0.3 is 13.4 Å². The lowest BCUT2D eigenvalue weighted by Crippen LogP contribution is -2.43. The first-order valence-corrected chi connectivity index (χ1v) is 18.0. The van der Waals surface area contributed by atoms with E-state index in [-0.39, 0.29) is 61.3 Å². The molecular formula is C21H25N9O8P2S2. The first-order chi connectivity index (χ1) is 20.1. The number of nitrogen functional groups attached to an aromatic ring is 1. The van der Waals surface area contributed by atoms with E-state index in [1.165, 1.54) is 19.0 Å². The molecule has 2 saturated heterocycles. The topological polar surface area (TPSA) is 220 Å². The number of rotatable bonds is 2. The second-order valence-electron chi connectivity index (χ2n) is 10.2. The van der Waals surface area contributed by atoms with E-state index < -0.39 is 31.9 Å². The molecule has 2 aliphatic heterocycles. The van der Waals surface area contributed by atoms with Crippen LogP contribution in [0.1, 0.15) is 25.1 Å². The summed E-state index contributed by atoms with van der Waals surface area (Å²) in [6.45, 7) is -7.53. The SMILES string of the molecule is Nc1ncnc2c1ncn2[C@@H]1C[C@@H]2COP(O)(=S)O[C@H]3C[C@H](n4cnc5c(O)ncnc54)O[C@@H]3COP(O)(=S)OC[C@H]21. The molecule has 4 aromatic heterocycles. The molecule has 224 valence electrons. The number of anilines is 1. The minimum atomic E-state index is -3.74. The van der Waals surface area contributed by atoms with Gasteiger partial charge in [-0.3, -0.25) is 4.57 Å². The van der Waals surface area contributed by atoms with Crippen molar-refractivity contribution in [1.29, 1.82) is 0 Å². The van der Waals surface area contributed by atoms with Crippen molar-refractivity contribution in [3.8, 4) is 5.88 Å². The zero-order valence-electron chi connectivity index (χ0n) is 21.6. The molecule has 0 spiro atoms. The molecule has 2 unspecified atom stereocenters. The quantitative estimate of drug-likeness (QED) is 0.223. The highest BCUT2D eigenvalue weighted by atomic mass is 32.5. The van der Waals surface area contributed by atoms with Gasteiger partial charge in [0.25, 0.3) is 0 Å². The van der Waals surface area contributed by atoms with Crippen LogP contribution in [0.3, 0.4) is 0 Å². The molecule has 0 aromatic carbocycles. The molecule has 17 nitrogen and oxygen atoms in total. The summed E-state index contributed by atoms with van der Waals surface area (Å²) in [5.74, 6) is -0.329. The molecule has 3 fully saturated rings. The summed E-state index contributed by atoms with van der Waals surface area (Å²) in [7, 11) is 0. The highest BCUT2D eigenvalue weighted by Gasteiger charge is 2.47. The van der Waals surface area contributed by atoms with Crippen molar-refractivity contribution in [3.63, 3.8) is 0 Å². The average molecular weight is 658 g/mol. The third kappa shape index (κ3) is 5.22. The van der Waals surface area contributed by atoms with Gasteiger partial charge in [-0.15, -0.1) is 0 Å². The van der Waals surface area contributed by atoms with Crippen LogP contribution >= 0.6 is 13.4 Å². The van der Waals surface area contributed by atoms with Crippen molar-refractivity contribution in [3.05, 3.63) is 25.3 Å². The first-order valence-electron chi connectivity index (χ1n) is 12.8. The van der Waals surface area contributed by atoms with Crippen LogP contribution in [-0.2, 0) is 46.4 Å². The molecule has 5 N–H and O–H groups in total. The molecule has 21 heteroatoms. The molecule has 1 saturated carbocycles. The van der Waals surface area contributed by atoms with Crippen LogP contribution in [0, 0.1) is 11.8 Å². The fourth-order valence-corrected chi connectivity index (χ4v) is 8.26. The number of ether oxygens (including phenoxy) is 1. The van der Waals surface area contributed by atoms with Crippen molar-refractivity contribution in [2.45, 2.75) is 37.3 Å². The van der Waals surface area contributed by atoms with E-state index in [4.69, 9.17) is 52.2 Å². The van der Waals surface area contributed by atoms with Crippen LogP contribution in [0.5, 0.6) is 5.88 Å². The van der Waals surface area contributed by atoms with Crippen LogP contribution in [0.4, 0.5) is 5.82 Å². The van der Waals surface area contributed by atoms with E-state index in [0.29, 0.717) is 23.2 Å². The summed E-state index contributed by atoms with van der Waals surface area (Å²) in [4.78, 5) is 46.7. The van der Waals surface area contributed by atoms with E-state index in [9.17, 15) is 14.9 Å². The maximum absolute atomic E-state index is 11.0. The maximum Gasteiger partial charge on any atom is 0.324 e. The summed E-state index contributed by atoms with van der Waals surface area (Å²) in [5.41, 5.74) is 7.53. The number of hydrogen-bond acceptors (Lipinski definition) is 15. The molecule has 0 bridgehead atoms. The average Bonchev–Trinajstić information content (AvgIpc) is 3.64. The van der Waals surface area contributed by atoms with E-state index in [1.807, 2.05) is 4.57 Å². The van der Waals surface area contributed by atoms with Crippen molar-refractivity contribution in [2.75, 3.05) is 25.6 Å². The zero-order chi connectivity index (χ0) is 29.2.